The van der Waals surface area contributed by atoms with E-state index in [-0.39, 0.29) is 5.78 Å². The molecule has 1 aromatic heterocycles. The lowest BCUT2D eigenvalue weighted by Crippen LogP contribution is -1.98. The average Bonchev–Trinajstić information content (AvgIpc) is 3.22. The summed E-state index contributed by atoms with van der Waals surface area (Å²) in [7, 11) is 1.61. The molecule has 132 valence electrons. The van der Waals surface area contributed by atoms with Crippen LogP contribution in [0.25, 0.3) is 22.2 Å². The summed E-state index contributed by atoms with van der Waals surface area (Å²) in [4.78, 5) is 16.3. The zero-order valence-electron chi connectivity index (χ0n) is 14.8. The maximum absolute atomic E-state index is 12.9. The Morgan fingerprint density at radius 2 is 1.63 bits per heavy atom. The highest BCUT2D eigenvalue weighted by atomic mass is 16.5. The Labute approximate surface area is 156 Å². The van der Waals surface area contributed by atoms with Crippen LogP contribution in [0.3, 0.4) is 0 Å². The Hall–Kier alpha value is -3.53. The third-order valence-electron chi connectivity index (χ3n) is 4.99. The van der Waals surface area contributed by atoms with Gasteiger partial charge in [0.1, 0.15) is 6.61 Å². The first-order chi connectivity index (χ1) is 13.3. The number of hydrogen-bond donors (Lipinski definition) is 1. The van der Waals surface area contributed by atoms with E-state index in [4.69, 9.17) is 9.47 Å². The van der Waals surface area contributed by atoms with Gasteiger partial charge in [0.25, 0.3) is 0 Å². The summed E-state index contributed by atoms with van der Waals surface area (Å²) in [6, 6.07) is 21.4. The molecule has 4 aromatic rings. The van der Waals surface area contributed by atoms with Crippen molar-refractivity contribution in [1.29, 1.82) is 0 Å². The first-order valence-corrected chi connectivity index (χ1v) is 8.81. The molecule has 0 atom stereocenters. The van der Waals surface area contributed by atoms with E-state index in [0.717, 1.165) is 33.3 Å². The quantitative estimate of drug-likeness (QED) is 0.495. The number of H-pyrrole nitrogens is 1. The monoisotopic (exact) mass is 355 g/mol. The number of benzene rings is 3. The van der Waals surface area contributed by atoms with Gasteiger partial charge in [-0.05, 0) is 11.6 Å². The topological polar surface area (TPSA) is 51.3 Å². The third-order valence-corrected chi connectivity index (χ3v) is 4.99. The molecular formula is C23H17NO3. The predicted octanol–water partition coefficient (Wildman–Crippen LogP) is 4.97. The van der Waals surface area contributed by atoms with Crippen LogP contribution in [0, 0.1) is 0 Å². The summed E-state index contributed by atoms with van der Waals surface area (Å²) in [6.45, 7) is 0.449. The maximum atomic E-state index is 12.9. The average molecular weight is 355 g/mol. The molecule has 0 bridgehead atoms. The molecule has 0 aliphatic heterocycles. The summed E-state index contributed by atoms with van der Waals surface area (Å²) in [5.41, 5.74) is 5.21. The van der Waals surface area contributed by atoms with E-state index in [1.807, 2.05) is 66.7 Å². The molecule has 1 heterocycles. The zero-order chi connectivity index (χ0) is 18.4. The Balaban J connectivity index is 1.59. The van der Waals surface area contributed by atoms with Gasteiger partial charge >= 0.3 is 0 Å². The van der Waals surface area contributed by atoms with E-state index in [1.165, 1.54) is 0 Å². The largest absolute Gasteiger partial charge is 0.493 e. The van der Waals surface area contributed by atoms with E-state index < -0.39 is 0 Å². The van der Waals surface area contributed by atoms with Gasteiger partial charge in [0.15, 0.2) is 17.3 Å². The Morgan fingerprint density at radius 3 is 2.41 bits per heavy atom. The maximum Gasteiger partial charge on any atom is 0.196 e. The standard InChI is InChI=1S/C23H17NO3/c1-26-19-11-17-18(12-20(19)27-13-14-7-3-2-4-8-14)24-22-15-9-5-6-10-16(15)23(25)21(17)22/h2-12,24H,13H2,1H3. The minimum atomic E-state index is 0.0480. The molecule has 4 nitrogen and oxygen atoms in total. The second-order valence-corrected chi connectivity index (χ2v) is 6.57. The molecule has 27 heavy (non-hydrogen) atoms. The SMILES string of the molecule is COc1cc2c3c([nH]c2cc1OCc1ccccc1)-c1ccccc1C3=O. The number of aromatic nitrogens is 1. The molecule has 0 saturated heterocycles. The molecule has 0 unspecified atom stereocenters. The van der Waals surface area contributed by atoms with Crippen molar-refractivity contribution in [2.75, 3.05) is 7.11 Å². The van der Waals surface area contributed by atoms with Gasteiger partial charge in [-0.25, -0.2) is 0 Å². The third kappa shape index (κ3) is 2.41. The summed E-state index contributed by atoms with van der Waals surface area (Å²) in [5.74, 6) is 1.31. The molecule has 4 heteroatoms. The van der Waals surface area contributed by atoms with Gasteiger partial charge in [-0.2, -0.15) is 0 Å². The van der Waals surface area contributed by atoms with Crippen LogP contribution in [0.4, 0.5) is 0 Å². The Bertz CT molecular complexity index is 1180. The fraction of sp³-hybridized carbons (Fsp3) is 0.0870. The first-order valence-electron chi connectivity index (χ1n) is 8.81. The summed E-state index contributed by atoms with van der Waals surface area (Å²) >= 11 is 0. The number of methoxy groups -OCH3 is 1. The van der Waals surface area contributed by atoms with Gasteiger partial charge in [0.2, 0.25) is 0 Å². The van der Waals surface area contributed by atoms with Crippen molar-refractivity contribution >= 4 is 16.7 Å². The molecule has 0 saturated carbocycles. The highest BCUT2D eigenvalue weighted by Gasteiger charge is 2.31. The first kappa shape index (κ1) is 15.7. The van der Waals surface area contributed by atoms with E-state index in [2.05, 4.69) is 4.98 Å². The van der Waals surface area contributed by atoms with Gasteiger partial charge < -0.3 is 14.5 Å². The van der Waals surface area contributed by atoms with Crippen molar-refractivity contribution in [2.24, 2.45) is 0 Å². The summed E-state index contributed by atoms with van der Waals surface area (Å²) in [5, 5.41) is 0.857. The number of ketones is 1. The Morgan fingerprint density at radius 1 is 0.889 bits per heavy atom. The highest BCUT2D eigenvalue weighted by Crippen LogP contribution is 2.43. The molecule has 0 fully saturated rings. The van der Waals surface area contributed by atoms with Crippen LogP contribution in [0.5, 0.6) is 11.5 Å². The van der Waals surface area contributed by atoms with Crippen LogP contribution in [0.15, 0.2) is 66.7 Å². The van der Waals surface area contributed by atoms with E-state index in [9.17, 15) is 4.79 Å². The van der Waals surface area contributed by atoms with Crippen molar-refractivity contribution in [3.63, 3.8) is 0 Å². The van der Waals surface area contributed by atoms with Gasteiger partial charge in [-0.3, -0.25) is 4.79 Å². The summed E-state index contributed by atoms with van der Waals surface area (Å²) < 4.78 is 11.5. The van der Waals surface area contributed by atoms with Crippen LogP contribution in [-0.4, -0.2) is 17.9 Å². The van der Waals surface area contributed by atoms with E-state index in [0.29, 0.717) is 23.7 Å². The zero-order valence-corrected chi connectivity index (χ0v) is 14.8. The van der Waals surface area contributed by atoms with E-state index in [1.54, 1.807) is 7.11 Å². The lowest BCUT2D eigenvalue weighted by atomic mass is 10.1. The molecule has 1 N–H and O–H groups in total. The van der Waals surface area contributed by atoms with Crippen LogP contribution in [0.2, 0.25) is 0 Å². The lowest BCUT2D eigenvalue weighted by molar-refractivity contribution is 0.104. The minimum Gasteiger partial charge on any atom is -0.493 e. The molecule has 0 radical (unpaired) electrons. The molecule has 3 aromatic carbocycles. The fourth-order valence-electron chi connectivity index (χ4n) is 3.68. The van der Waals surface area contributed by atoms with Crippen molar-refractivity contribution in [3.8, 4) is 22.8 Å². The number of ether oxygens (including phenoxy) is 2. The molecule has 0 spiro atoms. The normalized spacial score (nSPS) is 12.1. The van der Waals surface area contributed by atoms with Crippen molar-refractivity contribution in [3.05, 3.63) is 83.4 Å². The van der Waals surface area contributed by atoms with Crippen LogP contribution < -0.4 is 9.47 Å². The van der Waals surface area contributed by atoms with Gasteiger partial charge in [-0.1, -0.05) is 54.6 Å². The number of aromatic amines is 1. The van der Waals surface area contributed by atoms with Crippen molar-refractivity contribution in [1.82, 2.24) is 4.98 Å². The molecule has 0 amide bonds. The molecule has 1 aliphatic rings. The van der Waals surface area contributed by atoms with Gasteiger partial charge in [0, 0.05) is 22.6 Å². The number of rotatable bonds is 4. The van der Waals surface area contributed by atoms with Crippen LogP contribution in [-0.2, 0) is 6.61 Å². The second-order valence-electron chi connectivity index (χ2n) is 6.57. The highest BCUT2D eigenvalue weighted by molar-refractivity contribution is 6.27. The lowest BCUT2D eigenvalue weighted by Gasteiger charge is -2.11. The molecular weight excluding hydrogens is 338 g/mol. The van der Waals surface area contributed by atoms with Gasteiger partial charge in [0.05, 0.1) is 23.9 Å². The number of hydrogen-bond acceptors (Lipinski definition) is 3. The second kappa shape index (κ2) is 6.02. The fourth-order valence-corrected chi connectivity index (χ4v) is 3.68. The minimum absolute atomic E-state index is 0.0480. The van der Waals surface area contributed by atoms with E-state index >= 15 is 0 Å². The summed E-state index contributed by atoms with van der Waals surface area (Å²) in [6.07, 6.45) is 0. The van der Waals surface area contributed by atoms with Crippen molar-refractivity contribution < 1.29 is 14.3 Å². The van der Waals surface area contributed by atoms with Crippen molar-refractivity contribution in [2.45, 2.75) is 6.61 Å². The number of nitrogens with one attached hydrogen (secondary N) is 1. The number of carbonyl (C=O) groups excluding carboxylic acids is 1. The van der Waals surface area contributed by atoms with Gasteiger partial charge in [-0.15, -0.1) is 0 Å². The van der Waals surface area contributed by atoms with Crippen LogP contribution >= 0.6 is 0 Å². The molecule has 5 rings (SSSR count). The number of carbonyl (C=O) groups is 1. The number of fused-ring (bicyclic) bond motifs is 5. The Kier molecular flexibility index (Phi) is 3.50. The molecule has 1 aliphatic carbocycles. The smallest absolute Gasteiger partial charge is 0.196 e. The van der Waals surface area contributed by atoms with Crippen LogP contribution in [0.1, 0.15) is 21.5 Å². The predicted molar refractivity (Wildman–Crippen MR) is 104 cm³/mol.